The van der Waals surface area contributed by atoms with Gasteiger partial charge < -0.3 is 5.21 Å². The number of para-hydroxylation sites is 1. The van der Waals surface area contributed by atoms with Crippen LogP contribution in [0.1, 0.15) is 0 Å². The number of hydrogen-bond donors (Lipinski definition) is 0. The molecule has 0 spiro atoms. The van der Waals surface area contributed by atoms with E-state index >= 15 is 0 Å². The van der Waals surface area contributed by atoms with E-state index in [0.717, 1.165) is 0 Å². The van der Waals surface area contributed by atoms with E-state index in [9.17, 15) is 9.60 Å². The van der Waals surface area contributed by atoms with Gasteiger partial charge in [0, 0.05) is 6.07 Å². The summed E-state index contributed by atoms with van der Waals surface area (Å²) in [4.78, 5) is 0. The van der Waals surface area contributed by atoms with E-state index in [1.807, 2.05) is 0 Å². The summed E-state index contributed by atoms with van der Waals surface area (Å²) in [6.45, 7) is 3.01. The number of benzene rings is 1. The molecular formula is C7H6FNO. The molecule has 3 heteroatoms. The summed E-state index contributed by atoms with van der Waals surface area (Å²) in [6, 6.07) is 5.68. The van der Waals surface area contributed by atoms with Gasteiger partial charge in [-0.25, -0.2) is 0 Å². The van der Waals surface area contributed by atoms with Crippen LogP contribution in [0.25, 0.3) is 0 Å². The molecule has 0 aliphatic rings. The zero-order chi connectivity index (χ0) is 7.56. The first kappa shape index (κ1) is 6.74. The summed E-state index contributed by atoms with van der Waals surface area (Å²) in [5, 5.41) is 10.4. The molecule has 1 aromatic rings. The molecule has 0 fully saturated rings. The molecule has 1 aromatic carbocycles. The summed E-state index contributed by atoms with van der Waals surface area (Å²) in [5.74, 6) is -0.549. The van der Waals surface area contributed by atoms with Crippen molar-refractivity contribution in [2.75, 3.05) is 0 Å². The van der Waals surface area contributed by atoms with Crippen molar-refractivity contribution in [2.45, 2.75) is 0 Å². The largest absolute Gasteiger partial charge is 0.619 e. The number of halogens is 1. The van der Waals surface area contributed by atoms with E-state index in [1.165, 1.54) is 18.2 Å². The summed E-state index contributed by atoms with van der Waals surface area (Å²) in [5.41, 5.74) is -0.0394. The Kier molecular flexibility index (Phi) is 1.67. The minimum absolute atomic E-state index is 0.0394. The molecule has 0 N–H and O–H groups in total. The number of nitrogens with zero attached hydrogens (tertiary/aromatic N) is 1. The average molecular weight is 139 g/mol. The molecular weight excluding hydrogens is 133 g/mol. The van der Waals surface area contributed by atoms with Crippen LogP contribution in [0, 0.1) is 11.0 Å². The summed E-state index contributed by atoms with van der Waals surface area (Å²) >= 11 is 0. The van der Waals surface area contributed by atoms with Gasteiger partial charge in [0.1, 0.15) is 6.72 Å². The van der Waals surface area contributed by atoms with E-state index in [2.05, 4.69) is 6.72 Å². The van der Waals surface area contributed by atoms with Crippen LogP contribution in [0.15, 0.2) is 24.3 Å². The topological polar surface area (TPSA) is 26.1 Å². The third-order valence-electron chi connectivity index (χ3n) is 1.12. The Morgan fingerprint density at radius 3 is 2.40 bits per heavy atom. The van der Waals surface area contributed by atoms with Crippen molar-refractivity contribution in [2.24, 2.45) is 0 Å². The fourth-order valence-corrected chi connectivity index (χ4v) is 0.654. The lowest BCUT2D eigenvalue weighted by Gasteiger charge is -1.99. The van der Waals surface area contributed by atoms with Gasteiger partial charge in [-0.15, -0.1) is 0 Å². The molecule has 52 valence electrons. The van der Waals surface area contributed by atoms with E-state index in [-0.39, 0.29) is 10.4 Å². The predicted octanol–water partition coefficient (Wildman–Crippen LogP) is 1.67. The third-order valence-corrected chi connectivity index (χ3v) is 1.12. The Labute approximate surface area is 57.8 Å². The first-order chi connectivity index (χ1) is 4.72. The highest BCUT2D eigenvalue weighted by molar-refractivity contribution is 5.34. The predicted molar refractivity (Wildman–Crippen MR) is 36.8 cm³/mol. The Bertz CT molecular complexity index is 260. The molecule has 0 saturated carbocycles. The zero-order valence-corrected chi connectivity index (χ0v) is 5.25. The number of hydrogen-bond acceptors (Lipinski definition) is 1. The van der Waals surface area contributed by atoms with Gasteiger partial charge in [-0.1, -0.05) is 12.1 Å². The first-order valence-corrected chi connectivity index (χ1v) is 2.74. The lowest BCUT2D eigenvalue weighted by Crippen LogP contribution is -1.92. The van der Waals surface area contributed by atoms with Crippen LogP contribution in [0.2, 0.25) is 0 Å². The zero-order valence-electron chi connectivity index (χ0n) is 5.25. The molecule has 1 rings (SSSR count). The second kappa shape index (κ2) is 2.47. The quantitative estimate of drug-likeness (QED) is 0.251. The van der Waals surface area contributed by atoms with Crippen molar-refractivity contribution in [1.82, 2.24) is 0 Å². The van der Waals surface area contributed by atoms with Gasteiger partial charge in [-0.05, 0) is 6.07 Å². The molecule has 2 nitrogen and oxygen atoms in total. The minimum Gasteiger partial charge on any atom is -0.619 e. The van der Waals surface area contributed by atoms with Crippen LogP contribution in [-0.2, 0) is 0 Å². The third kappa shape index (κ3) is 1.13. The highest BCUT2D eigenvalue weighted by Gasteiger charge is 2.04. The van der Waals surface area contributed by atoms with Crippen molar-refractivity contribution in [3.63, 3.8) is 0 Å². The van der Waals surface area contributed by atoms with Gasteiger partial charge in [0.05, 0.1) is 0 Å². The van der Waals surface area contributed by atoms with Crippen molar-refractivity contribution in [1.29, 1.82) is 0 Å². The van der Waals surface area contributed by atoms with E-state index in [4.69, 9.17) is 0 Å². The molecule has 0 atom stereocenters. The average Bonchev–Trinajstić information content (AvgIpc) is 1.88. The minimum atomic E-state index is -0.549. The highest BCUT2D eigenvalue weighted by atomic mass is 19.1. The Balaban J connectivity index is 3.15. The molecule has 0 radical (unpaired) electrons. The standard InChI is InChI=1S/C7H6FNO/c1-9(10)7-5-3-2-4-6(7)8/h2-5H,1H2. The maximum absolute atomic E-state index is 12.6. The van der Waals surface area contributed by atoms with Crippen molar-refractivity contribution in [3.05, 3.63) is 35.3 Å². The fourth-order valence-electron chi connectivity index (χ4n) is 0.654. The van der Waals surface area contributed by atoms with Gasteiger partial charge >= 0.3 is 0 Å². The van der Waals surface area contributed by atoms with Crippen molar-refractivity contribution >= 4 is 12.4 Å². The Morgan fingerprint density at radius 2 is 2.00 bits per heavy atom. The molecule has 0 bridgehead atoms. The van der Waals surface area contributed by atoms with Crippen LogP contribution < -0.4 is 0 Å². The van der Waals surface area contributed by atoms with Gasteiger partial charge in [0.2, 0.25) is 0 Å². The monoisotopic (exact) mass is 139 g/mol. The lowest BCUT2D eigenvalue weighted by molar-refractivity contribution is -0.352. The van der Waals surface area contributed by atoms with Crippen LogP contribution in [0.4, 0.5) is 10.1 Å². The van der Waals surface area contributed by atoms with E-state index < -0.39 is 5.82 Å². The van der Waals surface area contributed by atoms with Crippen molar-refractivity contribution < 1.29 is 9.13 Å². The van der Waals surface area contributed by atoms with Crippen LogP contribution in [0.5, 0.6) is 0 Å². The molecule has 0 aliphatic heterocycles. The van der Waals surface area contributed by atoms with Gasteiger partial charge in [0.25, 0.3) is 5.69 Å². The molecule has 0 amide bonds. The van der Waals surface area contributed by atoms with Crippen LogP contribution >= 0.6 is 0 Å². The van der Waals surface area contributed by atoms with Gasteiger partial charge in [-0.3, -0.25) is 0 Å². The van der Waals surface area contributed by atoms with Crippen molar-refractivity contribution in [3.8, 4) is 0 Å². The lowest BCUT2D eigenvalue weighted by atomic mass is 10.3. The Hall–Kier alpha value is -1.38. The second-order valence-corrected chi connectivity index (χ2v) is 1.83. The fraction of sp³-hybridized carbons (Fsp3) is 0. The summed E-state index contributed by atoms with van der Waals surface area (Å²) in [7, 11) is 0. The molecule has 10 heavy (non-hydrogen) atoms. The molecule has 0 unspecified atom stereocenters. The summed E-state index contributed by atoms with van der Waals surface area (Å²) < 4.78 is 12.8. The van der Waals surface area contributed by atoms with Crippen LogP contribution in [-0.4, -0.2) is 11.5 Å². The first-order valence-electron chi connectivity index (χ1n) is 2.74. The number of rotatable bonds is 1. The Morgan fingerprint density at radius 1 is 1.40 bits per heavy atom. The van der Waals surface area contributed by atoms with E-state index in [1.54, 1.807) is 6.07 Å². The molecule has 0 saturated heterocycles. The molecule has 0 aromatic heterocycles. The maximum Gasteiger partial charge on any atom is 0.251 e. The maximum atomic E-state index is 12.6. The van der Waals surface area contributed by atoms with E-state index in [0.29, 0.717) is 0 Å². The van der Waals surface area contributed by atoms with Crippen LogP contribution in [0.3, 0.4) is 0 Å². The normalized spacial score (nSPS) is 9.30. The molecule has 0 aliphatic carbocycles. The van der Waals surface area contributed by atoms with Gasteiger partial charge in [-0.2, -0.15) is 9.13 Å². The SMILES string of the molecule is C=[N+]([O-])c1ccccc1F. The smallest absolute Gasteiger partial charge is 0.251 e. The second-order valence-electron chi connectivity index (χ2n) is 1.83. The van der Waals surface area contributed by atoms with Gasteiger partial charge in [0.15, 0.2) is 5.82 Å². The highest BCUT2D eigenvalue weighted by Crippen LogP contribution is 2.13. The molecule has 0 heterocycles. The summed E-state index contributed by atoms with van der Waals surface area (Å²) in [6.07, 6.45) is 0.